The van der Waals surface area contributed by atoms with E-state index in [4.69, 9.17) is 0 Å². The lowest BCUT2D eigenvalue weighted by molar-refractivity contribution is -0.127. The molecule has 0 bridgehead atoms. The number of rotatable bonds is 2. The monoisotopic (exact) mass is 324 g/mol. The molecule has 2 heterocycles. The molecule has 0 saturated heterocycles. The first-order valence-corrected chi connectivity index (χ1v) is 8.33. The molecule has 0 saturated carbocycles. The maximum absolute atomic E-state index is 12.9. The predicted molar refractivity (Wildman–Crippen MR) is 89.5 cm³/mol. The van der Waals surface area contributed by atoms with Gasteiger partial charge in [0.15, 0.2) is 0 Å². The van der Waals surface area contributed by atoms with Crippen molar-refractivity contribution in [1.82, 2.24) is 15.1 Å². The minimum atomic E-state index is -0.433. The van der Waals surface area contributed by atoms with Crippen molar-refractivity contribution < 1.29 is 9.59 Å². The SMILES string of the molecule is Cn1ncc2c1CCC[C@H]2NC(=O)[C@H]1CC(=O)Nc2ccccc21. The van der Waals surface area contributed by atoms with E-state index in [1.165, 1.54) is 5.69 Å². The van der Waals surface area contributed by atoms with Crippen LogP contribution in [0.5, 0.6) is 0 Å². The van der Waals surface area contributed by atoms with Crippen LogP contribution >= 0.6 is 0 Å². The molecule has 2 atom stereocenters. The molecule has 2 N–H and O–H groups in total. The van der Waals surface area contributed by atoms with Crippen LogP contribution in [-0.4, -0.2) is 21.6 Å². The van der Waals surface area contributed by atoms with Gasteiger partial charge in [0.25, 0.3) is 0 Å². The first-order chi connectivity index (χ1) is 11.6. The largest absolute Gasteiger partial charge is 0.349 e. The van der Waals surface area contributed by atoms with Gasteiger partial charge in [-0.25, -0.2) is 0 Å². The second-order valence-electron chi connectivity index (χ2n) is 6.52. The number of anilines is 1. The minimum absolute atomic E-state index is 0.0212. The molecule has 6 heteroatoms. The van der Waals surface area contributed by atoms with E-state index in [1.807, 2.05) is 42.2 Å². The summed E-state index contributed by atoms with van der Waals surface area (Å²) >= 11 is 0. The van der Waals surface area contributed by atoms with Gasteiger partial charge in [-0.15, -0.1) is 0 Å². The number of amides is 2. The number of hydrogen-bond acceptors (Lipinski definition) is 3. The second kappa shape index (κ2) is 5.78. The standard InChI is InChI=1S/C18H20N4O2/c1-22-16-8-4-7-15(13(16)10-19-22)21-18(24)12-9-17(23)20-14-6-3-2-5-11(12)14/h2-3,5-6,10,12,15H,4,7-9H2,1H3,(H,20,23)(H,21,24)/t12-,15+/m0/s1. The third-order valence-corrected chi connectivity index (χ3v) is 5.01. The van der Waals surface area contributed by atoms with Gasteiger partial charge >= 0.3 is 0 Å². The topological polar surface area (TPSA) is 76.0 Å². The number of carbonyl (C=O) groups is 2. The number of fused-ring (bicyclic) bond motifs is 2. The van der Waals surface area contributed by atoms with Crippen LogP contribution in [0.3, 0.4) is 0 Å². The first-order valence-electron chi connectivity index (χ1n) is 8.33. The minimum Gasteiger partial charge on any atom is -0.349 e. The fraction of sp³-hybridized carbons (Fsp3) is 0.389. The van der Waals surface area contributed by atoms with Crippen molar-refractivity contribution in [3.8, 4) is 0 Å². The lowest BCUT2D eigenvalue weighted by atomic mass is 9.88. The Morgan fingerprint density at radius 2 is 2.17 bits per heavy atom. The predicted octanol–water partition coefficient (Wildman–Crippen LogP) is 2.04. The summed E-state index contributed by atoms with van der Waals surface area (Å²) in [6.45, 7) is 0. The van der Waals surface area contributed by atoms with Crippen LogP contribution in [0.25, 0.3) is 0 Å². The summed E-state index contributed by atoms with van der Waals surface area (Å²) in [4.78, 5) is 24.8. The van der Waals surface area contributed by atoms with Crippen molar-refractivity contribution >= 4 is 17.5 Å². The van der Waals surface area contributed by atoms with Gasteiger partial charge in [-0.3, -0.25) is 14.3 Å². The average molecular weight is 324 g/mol. The summed E-state index contributed by atoms with van der Waals surface area (Å²) in [5, 5.41) is 10.3. The highest BCUT2D eigenvalue weighted by atomic mass is 16.2. The second-order valence-corrected chi connectivity index (χ2v) is 6.52. The Morgan fingerprint density at radius 1 is 1.33 bits per heavy atom. The van der Waals surface area contributed by atoms with Crippen LogP contribution in [0.2, 0.25) is 0 Å². The van der Waals surface area contributed by atoms with Gasteiger partial charge in [0.1, 0.15) is 0 Å². The lowest BCUT2D eigenvalue weighted by Crippen LogP contribution is -2.38. The van der Waals surface area contributed by atoms with Crippen LogP contribution < -0.4 is 10.6 Å². The Labute approximate surface area is 140 Å². The number of carbonyl (C=O) groups excluding carboxylic acids is 2. The maximum atomic E-state index is 12.9. The van der Waals surface area contributed by atoms with Crippen molar-refractivity contribution in [3.63, 3.8) is 0 Å². The molecule has 0 spiro atoms. The Kier molecular flexibility index (Phi) is 3.59. The molecule has 2 aromatic rings. The van der Waals surface area contributed by atoms with Gasteiger partial charge in [0, 0.05) is 30.4 Å². The van der Waals surface area contributed by atoms with Gasteiger partial charge in [0.2, 0.25) is 11.8 Å². The van der Waals surface area contributed by atoms with E-state index >= 15 is 0 Å². The zero-order chi connectivity index (χ0) is 16.7. The van der Waals surface area contributed by atoms with Crippen molar-refractivity contribution in [3.05, 3.63) is 47.3 Å². The maximum Gasteiger partial charge on any atom is 0.228 e. The highest BCUT2D eigenvalue weighted by molar-refractivity contribution is 6.01. The number of nitrogens with one attached hydrogen (secondary N) is 2. The number of nitrogens with zero attached hydrogens (tertiary/aromatic N) is 2. The van der Waals surface area contributed by atoms with E-state index < -0.39 is 5.92 Å². The first kappa shape index (κ1) is 14.9. The normalized spacial score (nSPS) is 22.3. The van der Waals surface area contributed by atoms with Crippen LogP contribution in [0.15, 0.2) is 30.5 Å². The average Bonchev–Trinajstić information content (AvgIpc) is 2.96. The van der Waals surface area contributed by atoms with Gasteiger partial charge < -0.3 is 10.6 Å². The molecular formula is C18H20N4O2. The van der Waals surface area contributed by atoms with Crippen molar-refractivity contribution in [1.29, 1.82) is 0 Å². The molecule has 0 radical (unpaired) electrons. The quantitative estimate of drug-likeness (QED) is 0.887. The lowest BCUT2D eigenvalue weighted by Gasteiger charge is -2.29. The van der Waals surface area contributed by atoms with E-state index in [9.17, 15) is 9.59 Å². The van der Waals surface area contributed by atoms with E-state index in [-0.39, 0.29) is 24.3 Å². The van der Waals surface area contributed by atoms with Crippen LogP contribution in [0.1, 0.15) is 48.0 Å². The Balaban J connectivity index is 1.58. The summed E-state index contributed by atoms with van der Waals surface area (Å²) in [7, 11) is 1.94. The zero-order valence-corrected chi connectivity index (χ0v) is 13.6. The van der Waals surface area contributed by atoms with Crippen molar-refractivity contribution in [2.45, 2.75) is 37.6 Å². The van der Waals surface area contributed by atoms with Crippen LogP contribution in [0.4, 0.5) is 5.69 Å². The summed E-state index contributed by atoms with van der Waals surface area (Å²) in [5.41, 5.74) is 3.91. The summed E-state index contributed by atoms with van der Waals surface area (Å²) < 4.78 is 1.89. The number of para-hydroxylation sites is 1. The van der Waals surface area contributed by atoms with Crippen LogP contribution in [-0.2, 0) is 23.1 Å². The number of benzene rings is 1. The molecule has 1 aliphatic carbocycles. The van der Waals surface area contributed by atoms with Gasteiger partial charge in [-0.05, 0) is 30.9 Å². The van der Waals surface area contributed by atoms with Gasteiger partial charge in [0.05, 0.1) is 18.2 Å². The fourth-order valence-corrected chi connectivity index (χ4v) is 3.77. The highest BCUT2D eigenvalue weighted by Gasteiger charge is 2.33. The molecule has 2 amide bonds. The molecule has 1 aromatic heterocycles. The number of hydrogen-bond donors (Lipinski definition) is 2. The van der Waals surface area contributed by atoms with Crippen LogP contribution in [0, 0.1) is 0 Å². The Morgan fingerprint density at radius 3 is 3.04 bits per heavy atom. The molecule has 24 heavy (non-hydrogen) atoms. The van der Waals surface area contributed by atoms with Gasteiger partial charge in [-0.1, -0.05) is 18.2 Å². The number of aromatic nitrogens is 2. The third kappa shape index (κ3) is 2.48. The molecule has 1 aromatic carbocycles. The fourth-order valence-electron chi connectivity index (χ4n) is 3.77. The van der Waals surface area contributed by atoms with Crippen molar-refractivity contribution in [2.75, 3.05) is 5.32 Å². The van der Waals surface area contributed by atoms with E-state index in [0.717, 1.165) is 36.1 Å². The third-order valence-electron chi connectivity index (χ3n) is 5.01. The molecular weight excluding hydrogens is 304 g/mol. The van der Waals surface area contributed by atoms with E-state index in [0.29, 0.717) is 0 Å². The smallest absolute Gasteiger partial charge is 0.228 e. The zero-order valence-electron chi connectivity index (χ0n) is 13.6. The van der Waals surface area contributed by atoms with E-state index in [2.05, 4.69) is 15.7 Å². The van der Waals surface area contributed by atoms with Crippen molar-refractivity contribution in [2.24, 2.45) is 7.05 Å². The molecule has 0 unspecified atom stereocenters. The highest BCUT2D eigenvalue weighted by Crippen LogP contribution is 2.34. The summed E-state index contributed by atoms with van der Waals surface area (Å²) in [5.74, 6) is -0.629. The number of aryl methyl sites for hydroxylation is 1. The van der Waals surface area contributed by atoms with E-state index in [1.54, 1.807) is 0 Å². The Bertz CT molecular complexity index is 811. The molecule has 4 rings (SSSR count). The summed E-state index contributed by atoms with van der Waals surface area (Å²) in [6.07, 6.45) is 4.97. The molecule has 124 valence electrons. The van der Waals surface area contributed by atoms with Gasteiger partial charge in [-0.2, -0.15) is 5.10 Å². The molecule has 0 fully saturated rings. The summed E-state index contributed by atoms with van der Waals surface area (Å²) in [6, 6.07) is 7.49. The molecule has 2 aliphatic rings. The molecule has 1 aliphatic heterocycles. The molecule has 6 nitrogen and oxygen atoms in total. The Hall–Kier alpha value is -2.63.